The number of hydrogen-bond donors (Lipinski definition) is 3. The van der Waals surface area contributed by atoms with Crippen molar-refractivity contribution in [2.24, 2.45) is 5.92 Å². The quantitative estimate of drug-likeness (QED) is 0.320. The highest BCUT2D eigenvalue weighted by molar-refractivity contribution is 6.30. The second-order valence-corrected chi connectivity index (χ2v) is 9.47. The van der Waals surface area contributed by atoms with E-state index in [4.69, 9.17) is 16.3 Å². The van der Waals surface area contributed by atoms with Crippen molar-refractivity contribution in [2.45, 2.75) is 32.8 Å². The number of carbonyl (C=O) groups excluding carboxylic acids is 2. The topological polar surface area (TPSA) is 83.2 Å². The standard InChI is InChI=1S/C28H26ClN3O3/c1-17-2-12-25-23(14-17)24-15-20(7-13-26(24)30-25)28(34)32-31-27(33)19-5-3-18(4-6-19)16-35-22-10-8-21(29)9-11-22/h3-11,13,15,17,30H,2,12,14,16H2,1H3,(H,31,33)(H,32,34)/t17-/m0/s1. The Hall–Kier alpha value is -3.77. The van der Waals surface area contributed by atoms with Crippen LogP contribution in [0.25, 0.3) is 10.9 Å². The average Bonchev–Trinajstić information content (AvgIpc) is 3.24. The van der Waals surface area contributed by atoms with Crippen LogP contribution in [0.15, 0.2) is 66.7 Å². The Labute approximate surface area is 208 Å². The van der Waals surface area contributed by atoms with Crippen molar-refractivity contribution >= 4 is 34.3 Å². The fourth-order valence-electron chi connectivity index (χ4n) is 4.44. The molecule has 1 aliphatic carbocycles. The summed E-state index contributed by atoms with van der Waals surface area (Å²) >= 11 is 5.88. The van der Waals surface area contributed by atoms with Gasteiger partial charge >= 0.3 is 0 Å². The first-order valence-corrected chi connectivity index (χ1v) is 12.1. The normalized spacial score (nSPS) is 14.9. The molecule has 1 aromatic heterocycles. The van der Waals surface area contributed by atoms with E-state index in [9.17, 15) is 9.59 Å². The Morgan fingerprint density at radius 3 is 2.40 bits per heavy atom. The number of fused-ring (bicyclic) bond motifs is 3. The summed E-state index contributed by atoms with van der Waals surface area (Å²) in [5.74, 6) is 0.602. The van der Waals surface area contributed by atoms with Crippen LogP contribution in [0.5, 0.6) is 5.75 Å². The second-order valence-electron chi connectivity index (χ2n) is 9.04. The zero-order valence-corrected chi connectivity index (χ0v) is 20.1. The fraction of sp³-hybridized carbons (Fsp3) is 0.214. The molecule has 2 amide bonds. The van der Waals surface area contributed by atoms with Gasteiger partial charge in [-0.3, -0.25) is 20.4 Å². The molecule has 4 aromatic rings. The summed E-state index contributed by atoms with van der Waals surface area (Å²) in [5.41, 5.74) is 10.5. The Bertz CT molecular complexity index is 1380. The number of halogens is 1. The third-order valence-electron chi connectivity index (χ3n) is 6.42. The molecule has 5 rings (SSSR count). The summed E-state index contributed by atoms with van der Waals surface area (Å²) in [5, 5.41) is 1.74. The maximum absolute atomic E-state index is 12.7. The lowest BCUT2D eigenvalue weighted by Crippen LogP contribution is -2.41. The molecule has 0 radical (unpaired) electrons. The Kier molecular flexibility index (Phi) is 6.47. The number of hydrazine groups is 1. The zero-order valence-electron chi connectivity index (χ0n) is 19.4. The SMILES string of the molecule is C[C@H]1CCc2[nH]c3ccc(C(=O)NNC(=O)c4ccc(COc5ccc(Cl)cc5)cc4)cc3c2C1. The molecule has 3 N–H and O–H groups in total. The minimum absolute atomic E-state index is 0.355. The molecule has 0 fully saturated rings. The van der Waals surface area contributed by atoms with E-state index in [1.807, 2.05) is 24.3 Å². The summed E-state index contributed by atoms with van der Waals surface area (Å²) in [6.45, 7) is 2.62. The van der Waals surface area contributed by atoms with Crippen LogP contribution in [-0.2, 0) is 19.4 Å². The molecule has 0 bridgehead atoms. The molecule has 1 atom stereocenters. The number of rotatable bonds is 5. The predicted octanol–water partition coefficient (Wildman–Crippen LogP) is 5.60. The number of carbonyl (C=O) groups is 2. The maximum Gasteiger partial charge on any atom is 0.269 e. The highest BCUT2D eigenvalue weighted by Gasteiger charge is 2.20. The van der Waals surface area contributed by atoms with E-state index in [-0.39, 0.29) is 5.91 Å². The Morgan fingerprint density at radius 1 is 0.971 bits per heavy atom. The molecular weight excluding hydrogens is 462 g/mol. The van der Waals surface area contributed by atoms with Crippen LogP contribution in [0, 0.1) is 5.92 Å². The monoisotopic (exact) mass is 487 g/mol. The molecule has 1 aliphatic rings. The van der Waals surface area contributed by atoms with Gasteiger partial charge in [0.1, 0.15) is 12.4 Å². The summed E-state index contributed by atoms with van der Waals surface area (Å²) in [4.78, 5) is 28.7. The second kappa shape index (κ2) is 9.84. The van der Waals surface area contributed by atoms with Gasteiger partial charge in [0.25, 0.3) is 11.8 Å². The van der Waals surface area contributed by atoms with Crippen molar-refractivity contribution in [3.8, 4) is 5.75 Å². The van der Waals surface area contributed by atoms with Crippen LogP contribution in [0.2, 0.25) is 5.02 Å². The van der Waals surface area contributed by atoms with Gasteiger partial charge in [-0.15, -0.1) is 0 Å². The van der Waals surface area contributed by atoms with E-state index >= 15 is 0 Å². The molecular formula is C28H26ClN3O3. The summed E-state index contributed by atoms with van der Waals surface area (Å²) in [6, 6.07) is 19.8. The number of aromatic amines is 1. The van der Waals surface area contributed by atoms with Crippen LogP contribution in [0.1, 0.15) is 50.9 Å². The first-order chi connectivity index (χ1) is 17.0. The van der Waals surface area contributed by atoms with Gasteiger partial charge in [-0.1, -0.05) is 30.7 Å². The van der Waals surface area contributed by atoms with Crippen molar-refractivity contribution in [1.29, 1.82) is 0 Å². The molecule has 1 heterocycles. The molecule has 0 unspecified atom stereocenters. The molecule has 0 saturated heterocycles. The lowest BCUT2D eigenvalue weighted by atomic mass is 9.87. The van der Waals surface area contributed by atoms with Crippen molar-refractivity contribution in [3.63, 3.8) is 0 Å². The number of amides is 2. The highest BCUT2D eigenvalue weighted by Crippen LogP contribution is 2.32. The van der Waals surface area contributed by atoms with Gasteiger partial charge < -0.3 is 9.72 Å². The first-order valence-electron chi connectivity index (χ1n) is 11.7. The highest BCUT2D eigenvalue weighted by atomic mass is 35.5. The van der Waals surface area contributed by atoms with E-state index in [0.29, 0.717) is 34.4 Å². The Balaban J connectivity index is 1.18. The van der Waals surface area contributed by atoms with Gasteiger partial charge in [0.2, 0.25) is 0 Å². The van der Waals surface area contributed by atoms with E-state index in [1.165, 1.54) is 17.7 Å². The molecule has 35 heavy (non-hydrogen) atoms. The van der Waals surface area contributed by atoms with Crippen LogP contribution in [-0.4, -0.2) is 16.8 Å². The summed E-state index contributed by atoms with van der Waals surface area (Å²) in [6.07, 6.45) is 3.22. The number of H-pyrrole nitrogens is 1. The van der Waals surface area contributed by atoms with Gasteiger partial charge in [-0.25, -0.2) is 0 Å². The number of ether oxygens (including phenoxy) is 1. The van der Waals surface area contributed by atoms with E-state index in [1.54, 1.807) is 42.5 Å². The average molecular weight is 488 g/mol. The molecule has 3 aromatic carbocycles. The molecule has 7 heteroatoms. The maximum atomic E-state index is 12.7. The van der Waals surface area contributed by atoms with E-state index in [2.05, 4.69) is 22.8 Å². The van der Waals surface area contributed by atoms with Crippen LogP contribution in [0.4, 0.5) is 0 Å². The largest absolute Gasteiger partial charge is 0.489 e. The van der Waals surface area contributed by atoms with Crippen LogP contribution < -0.4 is 15.6 Å². The zero-order chi connectivity index (χ0) is 24.4. The summed E-state index contributed by atoms with van der Waals surface area (Å²) < 4.78 is 5.72. The van der Waals surface area contributed by atoms with Gasteiger partial charge in [-0.2, -0.15) is 0 Å². The number of aryl methyl sites for hydroxylation is 1. The van der Waals surface area contributed by atoms with E-state index in [0.717, 1.165) is 29.3 Å². The number of hydrogen-bond acceptors (Lipinski definition) is 3. The summed E-state index contributed by atoms with van der Waals surface area (Å²) in [7, 11) is 0. The number of aromatic nitrogens is 1. The third kappa shape index (κ3) is 5.17. The van der Waals surface area contributed by atoms with Crippen molar-refractivity contribution < 1.29 is 14.3 Å². The fourth-order valence-corrected chi connectivity index (χ4v) is 4.57. The first kappa shape index (κ1) is 23.0. The smallest absolute Gasteiger partial charge is 0.269 e. The van der Waals surface area contributed by atoms with Gasteiger partial charge in [0, 0.05) is 32.7 Å². The number of nitrogens with one attached hydrogen (secondary N) is 3. The van der Waals surface area contributed by atoms with E-state index < -0.39 is 5.91 Å². The predicted molar refractivity (Wildman–Crippen MR) is 137 cm³/mol. The van der Waals surface area contributed by atoms with Crippen molar-refractivity contribution in [3.05, 3.63) is 99.7 Å². The minimum Gasteiger partial charge on any atom is -0.489 e. The van der Waals surface area contributed by atoms with Crippen LogP contribution >= 0.6 is 11.6 Å². The van der Waals surface area contributed by atoms with Gasteiger partial charge in [-0.05, 0) is 90.9 Å². The van der Waals surface area contributed by atoms with Crippen molar-refractivity contribution in [1.82, 2.24) is 15.8 Å². The lowest BCUT2D eigenvalue weighted by Gasteiger charge is -2.18. The molecule has 0 saturated carbocycles. The van der Waals surface area contributed by atoms with Crippen molar-refractivity contribution in [2.75, 3.05) is 0 Å². The molecule has 0 spiro atoms. The molecule has 178 valence electrons. The number of benzene rings is 3. The minimum atomic E-state index is -0.391. The van der Waals surface area contributed by atoms with Crippen LogP contribution in [0.3, 0.4) is 0 Å². The molecule has 0 aliphatic heterocycles. The third-order valence-corrected chi connectivity index (χ3v) is 6.67. The van der Waals surface area contributed by atoms with Gasteiger partial charge in [0.05, 0.1) is 0 Å². The Morgan fingerprint density at radius 2 is 1.66 bits per heavy atom. The molecule has 6 nitrogen and oxygen atoms in total. The lowest BCUT2D eigenvalue weighted by molar-refractivity contribution is 0.0847. The van der Waals surface area contributed by atoms with Gasteiger partial charge in [0.15, 0.2) is 0 Å².